The fraction of sp³-hybridized carbons (Fsp3) is 0.200. The number of nitrogens with zero attached hydrogens (tertiary/aromatic N) is 1. The summed E-state index contributed by atoms with van der Waals surface area (Å²) in [5.74, 6) is 0.439. The van der Waals surface area contributed by atoms with Gasteiger partial charge in [-0.15, -0.1) is 0 Å². The first-order chi connectivity index (χ1) is 12.2. The standard InChI is InChI=1S/C20H17NO4/c1-24-19(23)20(11-12-20)18-16(13-5-3-2-4-6-13)17(21-25-18)14-7-9-15(22)10-8-14/h2-10,22H,11-12H2,1H3. The summed E-state index contributed by atoms with van der Waals surface area (Å²) < 4.78 is 10.7. The number of ether oxygens (including phenoxy) is 1. The molecule has 1 fully saturated rings. The van der Waals surface area contributed by atoms with Crippen LogP contribution in [0.4, 0.5) is 0 Å². The first kappa shape index (κ1) is 15.4. The molecular weight excluding hydrogens is 318 g/mol. The molecule has 3 aromatic rings. The fourth-order valence-corrected chi connectivity index (χ4v) is 3.15. The van der Waals surface area contributed by atoms with Gasteiger partial charge in [0.2, 0.25) is 0 Å². The summed E-state index contributed by atoms with van der Waals surface area (Å²) in [6.45, 7) is 0. The third-order valence-electron chi connectivity index (χ3n) is 4.66. The second kappa shape index (κ2) is 5.77. The van der Waals surface area contributed by atoms with Crippen LogP contribution in [0.5, 0.6) is 5.75 Å². The van der Waals surface area contributed by atoms with Crippen molar-refractivity contribution in [3.8, 4) is 28.1 Å². The van der Waals surface area contributed by atoms with E-state index < -0.39 is 5.41 Å². The number of phenols is 1. The maximum absolute atomic E-state index is 12.3. The van der Waals surface area contributed by atoms with E-state index in [1.807, 2.05) is 30.3 Å². The lowest BCUT2D eigenvalue weighted by molar-refractivity contribution is -0.144. The molecule has 0 aliphatic heterocycles. The first-order valence-electron chi connectivity index (χ1n) is 8.09. The van der Waals surface area contributed by atoms with E-state index in [4.69, 9.17) is 9.26 Å². The molecule has 1 aromatic heterocycles. The molecule has 1 aliphatic carbocycles. The van der Waals surface area contributed by atoms with Gasteiger partial charge in [0, 0.05) is 5.56 Å². The van der Waals surface area contributed by atoms with Crippen molar-refractivity contribution in [3.63, 3.8) is 0 Å². The Morgan fingerprint density at radius 1 is 1.08 bits per heavy atom. The van der Waals surface area contributed by atoms with Gasteiger partial charge in [-0.3, -0.25) is 4.79 Å². The van der Waals surface area contributed by atoms with Crippen molar-refractivity contribution in [2.45, 2.75) is 18.3 Å². The Morgan fingerprint density at radius 2 is 1.76 bits per heavy atom. The van der Waals surface area contributed by atoms with Gasteiger partial charge in [-0.25, -0.2) is 0 Å². The number of carbonyl (C=O) groups is 1. The van der Waals surface area contributed by atoms with Crippen LogP contribution in [-0.4, -0.2) is 23.3 Å². The molecule has 0 radical (unpaired) electrons. The van der Waals surface area contributed by atoms with Crippen molar-refractivity contribution in [1.29, 1.82) is 0 Å². The van der Waals surface area contributed by atoms with Gasteiger partial charge in [-0.1, -0.05) is 35.5 Å². The van der Waals surface area contributed by atoms with Gasteiger partial charge in [-0.05, 0) is 42.7 Å². The summed E-state index contributed by atoms with van der Waals surface area (Å²) in [5, 5.41) is 13.8. The van der Waals surface area contributed by atoms with E-state index in [-0.39, 0.29) is 11.7 Å². The van der Waals surface area contributed by atoms with Crippen molar-refractivity contribution in [3.05, 3.63) is 60.4 Å². The Kier molecular flexibility index (Phi) is 3.57. The number of benzene rings is 2. The number of methoxy groups -OCH3 is 1. The van der Waals surface area contributed by atoms with E-state index in [0.717, 1.165) is 16.7 Å². The van der Waals surface area contributed by atoms with Gasteiger partial charge >= 0.3 is 5.97 Å². The Labute approximate surface area is 144 Å². The predicted molar refractivity (Wildman–Crippen MR) is 92.0 cm³/mol. The molecule has 1 heterocycles. The average Bonchev–Trinajstić information content (AvgIpc) is 3.34. The van der Waals surface area contributed by atoms with E-state index in [1.54, 1.807) is 24.3 Å². The van der Waals surface area contributed by atoms with Gasteiger partial charge in [0.25, 0.3) is 0 Å². The molecule has 0 bridgehead atoms. The van der Waals surface area contributed by atoms with Crippen molar-refractivity contribution >= 4 is 5.97 Å². The number of hydrogen-bond acceptors (Lipinski definition) is 5. The summed E-state index contributed by atoms with van der Waals surface area (Å²) in [6.07, 6.45) is 1.37. The molecular formula is C20H17NO4. The monoisotopic (exact) mass is 335 g/mol. The zero-order valence-electron chi connectivity index (χ0n) is 13.7. The van der Waals surface area contributed by atoms with Crippen LogP contribution in [0.2, 0.25) is 0 Å². The number of aromatic hydroxyl groups is 1. The van der Waals surface area contributed by atoms with Gasteiger partial charge in [0.15, 0.2) is 5.76 Å². The Balaban J connectivity index is 1.92. The fourth-order valence-electron chi connectivity index (χ4n) is 3.15. The largest absolute Gasteiger partial charge is 0.508 e. The minimum Gasteiger partial charge on any atom is -0.508 e. The predicted octanol–water partition coefficient (Wildman–Crippen LogP) is 3.92. The van der Waals surface area contributed by atoms with Crippen LogP contribution in [-0.2, 0) is 14.9 Å². The van der Waals surface area contributed by atoms with Gasteiger partial charge in [0.05, 0.1) is 12.7 Å². The highest BCUT2D eigenvalue weighted by Gasteiger charge is 2.57. The molecule has 126 valence electrons. The van der Waals surface area contributed by atoms with Gasteiger partial charge < -0.3 is 14.4 Å². The molecule has 5 nitrogen and oxygen atoms in total. The minimum absolute atomic E-state index is 0.182. The number of aromatic nitrogens is 1. The molecule has 1 aliphatic rings. The molecule has 0 amide bonds. The summed E-state index contributed by atoms with van der Waals surface area (Å²) in [4.78, 5) is 12.3. The Bertz CT molecular complexity index is 909. The maximum atomic E-state index is 12.3. The number of esters is 1. The third kappa shape index (κ3) is 2.48. The number of rotatable bonds is 4. The normalized spacial score (nSPS) is 14.9. The minimum atomic E-state index is -0.748. The summed E-state index contributed by atoms with van der Waals surface area (Å²) in [7, 11) is 1.39. The van der Waals surface area contributed by atoms with Crippen LogP contribution in [0.1, 0.15) is 18.6 Å². The highest BCUT2D eigenvalue weighted by molar-refractivity contribution is 5.92. The highest BCUT2D eigenvalue weighted by Crippen LogP contribution is 2.54. The molecule has 5 heteroatoms. The van der Waals surface area contributed by atoms with Crippen LogP contribution in [0.25, 0.3) is 22.4 Å². The highest BCUT2D eigenvalue weighted by atomic mass is 16.5. The van der Waals surface area contributed by atoms with E-state index in [9.17, 15) is 9.90 Å². The zero-order chi connectivity index (χ0) is 17.4. The molecule has 0 spiro atoms. The summed E-state index contributed by atoms with van der Waals surface area (Å²) >= 11 is 0. The van der Waals surface area contributed by atoms with Crippen LogP contribution in [0.15, 0.2) is 59.1 Å². The van der Waals surface area contributed by atoms with E-state index >= 15 is 0 Å². The lowest BCUT2D eigenvalue weighted by Crippen LogP contribution is -2.22. The topological polar surface area (TPSA) is 72.6 Å². The summed E-state index contributed by atoms with van der Waals surface area (Å²) in [5.41, 5.74) is 2.44. The zero-order valence-corrected chi connectivity index (χ0v) is 13.7. The molecule has 1 saturated carbocycles. The molecule has 0 saturated heterocycles. The number of phenolic OH excluding ortho intramolecular Hbond substituents is 1. The van der Waals surface area contributed by atoms with Crippen molar-refractivity contribution in [1.82, 2.24) is 5.16 Å². The smallest absolute Gasteiger partial charge is 0.319 e. The average molecular weight is 335 g/mol. The van der Waals surface area contributed by atoms with E-state index in [1.165, 1.54) is 7.11 Å². The second-order valence-corrected chi connectivity index (χ2v) is 6.22. The molecule has 0 unspecified atom stereocenters. The lowest BCUT2D eigenvalue weighted by Gasteiger charge is -2.12. The van der Waals surface area contributed by atoms with Crippen LogP contribution in [0, 0.1) is 0 Å². The maximum Gasteiger partial charge on any atom is 0.319 e. The first-order valence-corrected chi connectivity index (χ1v) is 8.09. The quantitative estimate of drug-likeness (QED) is 0.732. The van der Waals surface area contributed by atoms with Crippen LogP contribution >= 0.6 is 0 Å². The van der Waals surface area contributed by atoms with Crippen LogP contribution < -0.4 is 0 Å². The molecule has 4 rings (SSSR count). The van der Waals surface area contributed by atoms with E-state index in [2.05, 4.69) is 5.16 Å². The van der Waals surface area contributed by atoms with Crippen LogP contribution in [0.3, 0.4) is 0 Å². The van der Waals surface area contributed by atoms with Gasteiger partial charge in [0.1, 0.15) is 16.9 Å². The lowest BCUT2D eigenvalue weighted by atomic mass is 9.92. The number of hydrogen-bond donors (Lipinski definition) is 1. The molecule has 2 aromatic carbocycles. The van der Waals surface area contributed by atoms with Crippen molar-refractivity contribution in [2.75, 3.05) is 7.11 Å². The summed E-state index contributed by atoms with van der Waals surface area (Å²) in [6, 6.07) is 16.5. The SMILES string of the molecule is COC(=O)C1(c2onc(-c3ccc(O)cc3)c2-c2ccccc2)CC1. The Hall–Kier alpha value is -3.08. The second-order valence-electron chi connectivity index (χ2n) is 6.22. The molecule has 1 N–H and O–H groups in total. The van der Waals surface area contributed by atoms with Crippen molar-refractivity contribution in [2.24, 2.45) is 0 Å². The molecule has 25 heavy (non-hydrogen) atoms. The van der Waals surface area contributed by atoms with Crippen molar-refractivity contribution < 1.29 is 19.2 Å². The number of carbonyl (C=O) groups excluding carboxylic acids is 1. The van der Waals surface area contributed by atoms with E-state index in [0.29, 0.717) is 24.3 Å². The van der Waals surface area contributed by atoms with Gasteiger partial charge in [-0.2, -0.15) is 0 Å². The Morgan fingerprint density at radius 3 is 2.36 bits per heavy atom. The molecule has 0 atom stereocenters. The third-order valence-corrected chi connectivity index (χ3v) is 4.66.